The molecule has 108 valence electrons. The van der Waals surface area contributed by atoms with E-state index >= 15 is 0 Å². The fourth-order valence-electron chi connectivity index (χ4n) is 1.79. The molecular weight excluding hydrogens is 330 g/mol. The lowest BCUT2D eigenvalue weighted by Crippen LogP contribution is -2.22. The van der Waals surface area contributed by atoms with Crippen LogP contribution in [0, 0.1) is 0 Å². The standard InChI is InChI=1S/C17H16BrNO2/c1-2-10-21-16-9-8-14(11-15(16)18)17(20)19-12-13-6-4-3-5-7-13/h2-9,11H,1,10,12H2,(H,19,20). The molecule has 0 atom stereocenters. The van der Waals surface area contributed by atoms with Crippen molar-refractivity contribution in [1.29, 1.82) is 0 Å². The van der Waals surface area contributed by atoms with E-state index < -0.39 is 0 Å². The zero-order valence-corrected chi connectivity index (χ0v) is 13.1. The summed E-state index contributed by atoms with van der Waals surface area (Å²) in [5, 5.41) is 2.89. The van der Waals surface area contributed by atoms with Crippen LogP contribution >= 0.6 is 15.9 Å². The minimum atomic E-state index is -0.116. The minimum absolute atomic E-state index is 0.116. The number of halogens is 1. The summed E-state index contributed by atoms with van der Waals surface area (Å²) in [6, 6.07) is 15.1. The summed E-state index contributed by atoms with van der Waals surface area (Å²) in [5.74, 6) is 0.573. The average Bonchev–Trinajstić information content (AvgIpc) is 2.52. The lowest BCUT2D eigenvalue weighted by atomic mass is 10.2. The van der Waals surface area contributed by atoms with E-state index in [-0.39, 0.29) is 5.91 Å². The summed E-state index contributed by atoms with van der Waals surface area (Å²) in [5.41, 5.74) is 1.65. The Labute approximate surface area is 132 Å². The minimum Gasteiger partial charge on any atom is -0.488 e. The van der Waals surface area contributed by atoms with E-state index in [9.17, 15) is 4.79 Å². The van der Waals surface area contributed by atoms with Gasteiger partial charge in [0.2, 0.25) is 0 Å². The monoisotopic (exact) mass is 345 g/mol. The highest BCUT2D eigenvalue weighted by molar-refractivity contribution is 9.10. The smallest absolute Gasteiger partial charge is 0.251 e. The molecule has 4 heteroatoms. The van der Waals surface area contributed by atoms with E-state index in [1.54, 1.807) is 24.3 Å². The first-order valence-corrected chi connectivity index (χ1v) is 7.35. The van der Waals surface area contributed by atoms with Crippen molar-refractivity contribution in [2.24, 2.45) is 0 Å². The Hall–Kier alpha value is -2.07. The summed E-state index contributed by atoms with van der Waals surface area (Å²) in [7, 11) is 0. The molecule has 0 radical (unpaired) electrons. The van der Waals surface area contributed by atoms with Gasteiger partial charge in [0.25, 0.3) is 5.91 Å². The van der Waals surface area contributed by atoms with Crippen molar-refractivity contribution < 1.29 is 9.53 Å². The van der Waals surface area contributed by atoms with E-state index in [1.807, 2.05) is 30.3 Å². The summed E-state index contributed by atoms with van der Waals surface area (Å²) < 4.78 is 6.20. The third kappa shape index (κ3) is 4.46. The maximum atomic E-state index is 12.1. The van der Waals surface area contributed by atoms with E-state index in [0.29, 0.717) is 24.5 Å². The van der Waals surface area contributed by atoms with Gasteiger partial charge in [-0.3, -0.25) is 4.79 Å². The number of hydrogen-bond acceptors (Lipinski definition) is 2. The number of benzene rings is 2. The molecule has 1 amide bonds. The Morgan fingerprint density at radius 1 is 1.24 bits per heavy atom. The molecule has 0 bridgehead atoms. The molecule has 0 spiro atoms. The Morgan fingerprint density at radius 3 is 2.67 bits per heavy atom. The first kappa shape index (κ1) is 15.3. The van der Waals surface area contributed by atoms with Gasteiger partial charge in [-0.05, 0) is 39.7 Å². The molecule has 0 saturated carbocycles. The van der Waals surface area contributed by atoms with Gasteiger partial charge >= 0.3 is 0 Å². The highest BCUT2D eigenvalue weighted by Crippen LogP contribution is 2.26. The van der Waals surface area contributed by atoms with Gasteiger partial charge in [-0.15, -0.1) is 0 Å². The van der Waals surface area contributed by atoms with Crippen molar-refractivity contribution in [2.45, 2.75) is 6.54 Å². The van der Waals surface area contributed by atoms with Crippen LogP contribution in [0.3, 0.4) is 0 Å². The van der Waals surface area contributed by atoms with Crippen molar-refractivity contribution >= 4 is 21.8 Å². The van der Waals surface area contributed by atoms with Gasteiger partial charge in [0, 0.05) is 12.1 Å². The Balaban J connectivity index is 1.99. The second kappa shape index (κ2) is 7.64. The van der Waals surface area contributed by atoms with Crippen molar-refractivity contribution in [3.63, 3.8) is 0 Å². The predicted molar refractivity (Wildman–Crippen MR) is 87.4 cm³/mol. The Bertz CT molecular complexity index is 626. The molecule has 2 aromatic carbocycles. The number of carbonyl (C=O) groups excluding carboxylic acids is 1. The van der Waals surface area contributed by atoms with Crippen LogP contribution in [0.25, 0.3) is 0 Å². The van der Waals surface area contributed by atoms with Crippen molar-refractivity contribution in [3.8, 4) is 5.75 Å². The van der Waals surface area contributed by atoms with Gasteiger partial charge in [0.15, 0.2) is 0 Å². The van der Waals surface area contributed by atoms with Crippen LogP contribution < -0.4 is 10.1 Å². The second-order valence-electron chi connectivity index (χ2n) is 4.41. The zero-order valence-electron chi connectivity index (χ0n) is 11.5. The van der Waals surface area contributed by atoms with Gasteiger partial charge in [-0.2, -0.15) is 0 Å². The molecule has 0 aliphatic carbocycles. The first-order chi connectivity index (χ1) is 10.2. The van der Waals surface area contributed by atoms with Crippen LogP contribution in [0.5, 0.6) is 5.75 Å². The first-order valence-electron chi connectivity index (χ1n) is 6.56. The lowest BCUT2D eigenvalue weighted by molar-refractivity contribution is 0.0951. The third-order valence-electron chi connectivity index (χ3n) is 2.85. The number of rotatable bonds is 6. The quantitative estimate of drug-likeness (QED) is 0.805. The van der Waals surface area contributed by atoms with Crippen LogP contribution in [0.4, 0.5) is 0 Å². The topological polar surface area (TPSA) is 38.3 Å². The van der Waals surface area contributed by atoms with E-state index in [1.165, 1.54) is 0 Å². The van der Waals surface area contributed by atoms with Crippen LogP contribution in [0.15, 0.2) is 65.7 Å². The van der Waals surface area contributed by atoms with E-state index in [2.05, 4.69) is 27.8 Å². The highest BCUT2D eigenvalue weighted by Gasteiger charge is 2.08. The molecule has 0 saturated heterocycles. The number of ether oxygens (including phenoxy) is 1. The molecule has 1 N–H and O–H groups in total. The molecule has 3 nitrogen and oxygen atoms in total. The lowest BCUT2D eigenvalue weighted by Gasteiger charge is -2.09. The van der Waals surface area contributed by atoms with Crippen molar-refractivity contribution in [1.82, 2.24) is 5.32 Å². The number of hydrogen-bond donors (Lipinski definition) is 1. The molecule has 0 fully saturated rings. The van der Waals surface area contributed by atoms with Crippen LogP contribution in [0.2, 0.25) is 0 Å². The largest absolute Gasteiger partial charge is 0.488 e. The van der Waals surface area contributed by atoms with Gasteiger partial charge in [-0.1, -0.05) is 43.0 Å². The molecule has 0 aromatic heterocycles. The molecule has 2 rings (SSSR count). The molecule has 2 aromatic rings. The van der Waals surface area contributed by atoms with Crippen LogP contribution in [-0.2, 0) is 6.54 Å². The van der Waals surface area contributed by atoms with Gasteiger partial charge in [-0.25, -0.2) is 0 Å². The summed E-state index contributed by atoms with van der Waals surface area (Å²) in [4.78, 5) is 12.1. The summed E-state index contributed by atoms with van der Waals surface area (Å²) in [6.45, 7) is 4.53. The molecule has 0 unspecified atom stereocenters. The van der Waals surface area contributed by atoms with Crippen LogP contribution in [-0.4, -0.2) is 12.5 Å². The van der Waals surface area contributed by atoms with E-state index in [4.69, 9.17) is 4.74 Å². The second-order valence-corrected chi connectivity index (χ2v) is 5.27. The van der Waals surface area contributed by atoms with Gasteiger partial charge in [0.05, 0.1) is 4.47 Å². The normalized spacial score (nSPS) is 9.95. The Kier molecular flexibility index (Phi) is 5.58. The molecule has 0 aliphatic heterocycles. The van der Waals surface area contributed by atoms with Gasteiger partial charge in [0.1, 0.15) is 12.4 Å². The maximum Gasteiger partial charge on any atom is 0.251 e. The summed E-state index contributed by atoms with van der Waals surface area (Å²) >= 11 is 3.40. The molecule has 0 aliphatic rings. The fourth-order valence-corrected chi connectivity index (χ4v) is 2.28. The van der Waals surface area contributed by atoms with Gasteiger partial charge < -0.3 is 10.1 Å². The molecular formula is C17H16BrNO2. The molecule has 0 heterocycles. The highest BCUT2D eigenvalue weighted by atomic mass is 79.9. The third-order valence-corrected chi connectivity index (χ3v) is 3.47. The zero-order chi connectivity index (χ0) is 15.1. The number of carbonyl (C=O) groups is 1. The predicted octanol–water partition coefficient (Wildman–Crippen LogP) is 3.94. The fraction of sp³-hybridized carbons (Fsp3) is 0.118. The number of nitrogens with one attached hydrogen (secondary N) is 1. The SMILES string of the molecule is C=CCOc1ccc(C(=O)NCc2ccccc2)cc1Br. The molecule has 21 heavy (non-hydrogen) atoms. The van der Waals surface area contributed by atoms with Crippen LogP contribution in [0.1, 0.15) is 15.9 Å². The number of amides is 1. The van der Waals surface area contributed by atoms with E-state index in [0.717, 1.165) is 10.0 Å². The average molecular weight is 346 g/mol. The van der Waals surface area contributed by atoms with Crippen molar-refractivity contribution in [3.05, 3.63) is 76.8 Å². The summed E-state index contributed by atoms with van der Waals surface area (Å²) in [6.07, 6.45) is 1.67. The van der Waals surface area contributed by atoms with Crippen molar-refractivity contribution in [2.75, 3.05) is 6.61 Å². The Morgan fingerprint density at radius 2 is 2.00 bits per heavy atom. The maximum absolute atomic E-state index is 12.1.